The van der Waals surface area contributed by atoms with Gasteiger partial charge < -0.3 is 5.11 Å². The van der Waals surface area contributed by atoms with Gasteiger partial charge in [-0.1, -0.05) is 36.6 Å². The molecule has 1 aliphatic carbocycles. The van der Waals surface area contributed by atoms with Crippen LogP contribution in [0.2, 0.25) is 5.02 Å². The van der Waals surface area contributed by atoms with Crippen molar-refractivity contribution in [2.24, 2.45) is 5.41 Å². The Hall–Kier alpha value is -1.16. The van der Waals surface area contributed by atoms with Gasteiger partial charge in [0.05, 0.1) is 6.42 Å². The van der Waals surface area contributed by atoms with Crippen LogP contribution in [0.5, 0.6) is 0 Å². The zero-order valence-corrected chi connectivity index (χ0v) is 11.8. The molecule has 0 aliphatic heterocycles. The first-order chi connectivity index (χ1) is 9.33. The molecule has 0 bridgehead atoms. The first-order valence-corrected chi connectivity index (χ1v) is 7.07. The number of hydrogen-bond acceptors (Lipinski definition) is 1. The molecule has 0 saturated heterocycles. The molecule has 0 unspecified atom stereocenters. The van der Waals surface area contributed by atoms with E-state index >= 15 is 0 Å². The molecule has 5 heteroatoms. The Labute approximate surface area is 121 Å². The van der Waals surface area contributed by atoms with Gasteiger partial charge in [0.25, 0.3) is 5.92 Å². The van der Waals surface area contributed by atoms with Gasteiger partial charge in [0.2, 0.25) is 0 Å². The third-order valence-corrected chi connectivity index (χ3v) is 4.31. The summed E-state index contributed by atoms with van der Waals surface area (Å²) in [5.74, 6) is -4.02. The fraction of sp³-hybridized carbons (Fsp3) is 0.533. The SMILES string of the molecule is O=C(O)CC1(CC(F)(F)c2ccc(Cl)cc2)CCCC1. The summed E-state index contributed by atoms with van der Waals surface area (Å²) in [5.41, 5.74) is -0.881. The van der Waals surface area contributed by atoms with Crippen LogP contribution in [0.1, 0.15) is 44.1 Å². The van der Waals surface area contributed by atoms with Crippen molar-refractivity contribution in [2.45, 2.75) is 44.4 Å². The molecule has 2 rings (SSSR count). The monoisotopic (exact) mass is 302 g/mol. The van der Waals surface area contributed by atoms with E-state index in [9.17, 15) is 13.6 Å². The van der Waals surface area contributed by atoms with Crippen LogP contribution in [0, 0.1) is 5.41 Å². The fourth-order valence-corrected chi connectivity index (χ4v) is 3.25. The lowest BCUT2D eigenvalue weighted by Crippen LogP contribution is -2.29. The highest BCUT2D eigenvalue weighted by Gasteiger charge is 2.45. The van der Waals surface area contributed by atoms with Crippen molar-refractivity contribution in [3.8, 4) is 0 Å². The molecule has 1 N–H and O–H groups in total. The second kappa shape index (κ2) is 5.68. The maximum absolute atomic E-state index is 14.4. The summed E-state index contributed by atoms with van der Waals surface area (Å²) in [4.78, 5) is 11.0. The smallest absolute Gasteiger partial charge is 0.303 e. The van der Waals surface area contributed by atoms with E-state index in [4.69, 9.17) is 16.7 Å². The average molecular weight is 303 g/mol. The highest BCUT2D eigenvalue weighted by atomic mass is 35.5. The fourth-order valence-electron chi connectivity index (χ4n) is 3.13. The Morgan fingerprint density at radius 2 is 1.80 bits per heavy atom. The number of benzene rings is 1. The van der Waals surface area contributed by atoms with Crippen LogP contribution in [0.3, 0.4) is 0 Å². The number of aliphatic carboxylic acids is 1. The van der Waals surface area contributed by atoms with Gasteiger partial charge in [0, 0.05) is 17.0 Å². The van der Waals surface area contributed by atoms with Crippen molar-refractivity contribution in [3.05, 3.63) is 34.9 Å². The quantitative estimate of drug-likeness (QED) is 0.843. The van der Waals surface area contributed by atoms with E-state index < -0.39 is 23.7 Å². The topological polar surface area (TPSA) is 37.3 Å². The Balaban J connectivity index is 2.20. The van der Waals surface area contributed by atoms with Gasteiger partial charge in [-0.05, 0) is 30.4 Å². The molecule has 0 radical (unpaired) electrons. The molecule has 0 atom stereocenters. The van der Waals surface area contributed by atoms with Crippen LogP contribution in [-0.4, -0.2) is 11.1 Å². The summed E-state index contributed by atoms with van der Waals surface area (Å²) in [5, 5.41) is 9.39. The number of carboxylic acid groups (broad SMARTS) is 1. The zero-order chi connectivity index (χ0) is 14.8. The number of alkyl halides is 2. The highest BCUT2D eigenvalue weighted by molar-refractivity contribution is 6.30. The molecular weight excluding hydrogens is 286 g/mol. The van der Waals surface area contributed by atoms with Crippen molar-refractivity contribution >= 4 is 17.6 Å². The predicted molar refractivity (Wildman–Crippen MR) is 73.1 cm³/mol. The van der Waals surface area contributed by atoms with E-state index in [1.165, 1.54) is 24.3 Å². The van der Waals surface area contributed by atoms with Crippen LogP contribution >= 0.6 is 11.6 Å². The van der Waals surface area contributed by atoms with Gasteiger partial charge in [-0.3, -0.25) is 4.79 Å². The van der Waals surface area contributed by atoms with Gasteiger partial charge in [-0.15, -0.1) is 0 Å². The van der Waals surface area contributed by atoms with Crippen LogP contribution in [0.4, 0.5) is 8.78 Å². The number of carboxylic acids is 1. The van der Waals surface area contributed by atoms with Gasteiger partial charge in [0.15, 0.2) is 0 Å². The molecule has 0 amide bonds. The van der Waals surface area contributed by atoms with Gasteiger partial charge in [0.1, 0.15) is 0 Å². The summed E-state index contributed by atoms with van der Waals surface area (Å²) < 4.78 is 28.8. The minimum absolute atomic E-state index is 0.0986. The molecule has 20 heavy (non-hydrogen) atoms. The molecule has 1 aromatic rings. The molecule has 1 aromatic carbocycles. The van der Waals surface area contributed by atoms with E-state index in [2.05, 4.69) is 0 Å². The lowest BCUT2D eigenvalue weighted by Gasteiger charge is -2.31. The van der Waals surface area contributed by atoms with Crippen molar-refractivity contribution in [1.29, 1.82) is 0 Å². The summed E-state index contributed by atoms with van der Waals surface area (Å²) >= 11 is 5.71. The second-order valence-electron chi connectivity index (χ2n) is 5.67. The zero-order valence-electron chi connectivity index (χ0n) is 11.0. The first kappa shape index (κ1) is 15.2. The summed E-state index contributed by atoms with van der Waals surface area (Å²) in [6.45, 7) is 0. The van der Waals surface area contributed by atoms with Crippen LogP contribution in [0.25, 0.3) is 0 Å². The molecule has 1 fully saturated rings. The molecule has 0 spiro atoms. The third-order valence-electron chi connectivity index (χ3n) is 4.05. The number of halogens is 3. The van der Waals surface area contributed by atoms with Crippen LogP contribution in [0.15, 0.2) is 24.3 Å². The Morgan fingerprint density at radius 3 is 2.30 bits per heavy atom. The predicted octanol–water partition coefficient (Wildman–Crippen LogP) is 4.86. The van der Waals surface area contributed by atoms with E-state index in [0.29, 0.717) is 17.9 Å². The van der Waals surface area contributed by atoms with Gasteiger partial charge in [-0.2, -0.15) is 0 Å². The summed E-state index contributed by atoms with van der Waals surface area (Å²) in [6, 6.07) is 5.49. The molecule has 2 nitrogen and oxygen atoms in total. The second-order valence-corrected chi connectivity index (χ2v) is 6.10. The van der Waals surface area contributed by atoms with Crippen molar-refractivity contribution < 1.29 is 18.7 Å². The van der Waals surface area contributed by atoms with Crippen molar-refractivity contribution in [2.75, 3.05) is 0 Å². The van der Waals surface area contributed by atoms with E-state index in [1.807, 2.05) is 0 Å². The molecule has 0 heterocycles. The Morgan fingerprint density at radius 1 is 1.25 bits per heavy atom. The van der Waals surface area contributed by atoms with Gasteiger partial charge in [-0.25, -0.2) is 8.78 Å². The molecular formula is C15H17ClF2O2. The van der Waals surface area contributed by atoms with Crippen molar-refractivity contribution in [1.82, 2.24) is 0 Å². The molecule has 1 aliphatic rings. The number of rotatable bonds is 5. The average Bonchev–Trinajstić information content (AvgIpc) is 2.75. The highest BCUT2D eigenvalue weighted by Crippen LogP contribution is 2.50. The third kappa shape index (κ3) is 3.48. The van der Waals surface area contributed by atoms with Crippen LogP contribution in [-0.2, 0) is 10.7 Å². The minimum Gasteiger partial charge on any atom is -0.481 e. The maximum Gasteiger partial charge on any atom is 0.303 e. The number of hydrogen-bond donors (Lipinski definition) is 1. The maximum atomic E-state index is 14.4. The van der Waals surface area contributed by atoms with Gasteiger partial charge >= 0.3 is 5.97 Å². The summed E-state index contributed by atoms with van der Waals surface area (Å²) in [7, 11) is 0. The van der Waals surface area contributed by atoms with Crippen LogP contribution < -0.4 is 0 Å². The van der Waals surface area contributed by atoms with E-state index in [1.54, 1.807) is 0 Å². The largest absolute Gasteiger partial charge is 0.481 e. The lowest BCUT2D eigenvalue weighted by molar-refractivity contribution is -0.141. The minimum atomic E-state index is -3.02. The first-order valence-electron chi connectivity index (χ1n) is 6.69. The van der Waals surface area contributed by atoms with E-state index in [-0.39, 0.29) is 12.0 Å². The molecule has 0 aromatic heterocycles. The standard InChI is InChI=1S/C15H17ClF2O2/c16-12-5-3-11(4-6-12)15(17,18)10-14(9-13(19)20)7-1-2-8-14/h3-6H,1-2,7-10H2,(H,19,20). The van der Waals surface area contributed by atoms with Crippen molar-refractivity contribution in [3.63, 3.8) is 0 Å². The lowest BCUT2D eigenvalue weighted by atomic mass is 9.76. The molecule has 1 saturated carbocycles. The summed E-state index contributed by atoms with van der Waals surface area (Å²) in [6.07, 6.45) is 2.17. The van der Waals surface area contributed by atoms with E-state index in [0.717, 1.165) is 12.8 Å². The number of carbonyl (C=O) groups is 1. The Kier molecular flexibility index (Phi) is 4.33. The normalized spacial score (nSPS) is 18.1. The Bertz CT molecular complexity index is 479. The molecule has 110 valence electrons.